The van der Waals surface area contributed by atoms with Crippen molar-refractivity contribution >= 4 is 47.3 Å². The predicted molar refractivity (Wildman–Crippen MR) is 339 cm³/mol. The molecule has 99 heavy (non-hydrogen) atoms. The number of aromatic hydroxyl groups is 3. The Morgan fingerprint density at radius 3 is 1.89 bits per heavy atom. The molecule has 0 spiro atoms. The monoisotopic (exact) mass is 1380 g/mol. The van der Waals surface area contributed by atoms with Crippen LogP contribution in [0.15, 0.2) is 91.0 Å². The lowest BCUT2D eigenvalue weighted by atomic mass is 9.86. The third-order valence-corrected chi connectivity index (χ3v) is 17.6. The number of fused-ring (bicyclic) bond motifs is 15. The van der Waals surface area contributed by atoms with Gasteiger partial charge in [-0.3, -0.25) is 33.6 Å². The van der Waals surface area contributed by atoms with Crippen molar-refractivity contribution in [2.45, 2.75) is 156 Å². The molecule has 0 aromatic heterocycles. The second-order valence-electron chi connectivity index (χ2n) is 25.5. The number of nitrogens with one attached hydrogen (secondary N) is 7. The van der Waals surface area contributed by atoms with E-state index in [4.69, 9.17) is 39.9 Å². The van der Waals surface area contributed by atoms with Crippen LogP contribution in [0.3, 0.4) is 0 Å². The number of nitrogens with two attached hydrogens (primary N) is 2. The van der Waals surface area contributed by atoms with E-state index >= 15 is 14.4 Å². The molecule has 21 N–H and O–H groups in total. The Bertz CT molecular complexity index is 3920. The van der Waals surface area contributed by atoms with Crippen LogP contribution in [-0.2, 0) is 52.6 Å². The maximum atomic E-state index is 16.0. The average Bonchev–Trinajstić information content (AvgIpc) is 0.772. The zero-order valence-corrected chi connectivity index (χ0v) is 53.7. The number of ether oxygens (including phenoxy) is 6. The van der Waals surface area contributed by atoms with Crippen LogP contribution in [0.1, 0.15) is 105 Å². The topological polar surface area (TPSA) is 530 Å². The van der Waals surface area contributed by atoms with Crippen molar-refractivity contribution in [3.05, 3.63) is 119 Å². The van der Waals surface area contributed by atoms with Crippen LogP contribution in [0.25, 0.3) is 11.1 Å². The van der Waals surface area contributed by atoms with Crippen LogP contribution in [0.5, 0.6) is 46.0 Å². The Hall–Kier alpha value is -9.78. The summed E-state index contributed by atoms with van der Waals surface area (Å²) >= 11 is 0. The molecule has 7 heterocycles. The number of phenols is 3. The van der Waals surface area contributed by atoms with Crippen molar-refractivity contribution < 1.29 is 118 Å². The molecule has 2 fully saturated rings. The van der Waals surface area contributed by atoms with E-state index in [-0.39, 0.29) is 46.9 Å². The van der Waals surface area contributed by atoms with Gasteiger partial charge in [0.15, 0.2) is 29.9 Å². The standard InChI is InChI=1S/C66H77N9O24/c1-25(2)16-36(69-5)58(86)74-49-51(81)27-6-11-32(12-7-27)95-40-18-30-19-41(55(40)99-65-56(54(84)53(83)42(24-76)97-65)98-44-23-66(4,68)57(85)26(3)94-44)96-33-13-8-28(9-14-33)52(82)50-63(91)73-48(64(92)93)35-20-31(77)21-39(79)45(35)34-17-29(10-15-38(34)78)46(60(88)75-50)72-61(89)47(30)71-59(87)37(22-43(67)80)70-62(49)90/h6-15,17-21,25-26,36-37,42,44,46-54,56-57,65,69,76-79,81-85H,16,22-24,68H2,1-5H3,(H2,67,80)(H,70,90)(H,71,87)(H,72,89)(H,73,91)(H,74,86)(H,75,88)(H,92,93)/t26-,36+,37-,42+,44-,46+,47+,48-,49+,50-,51+,52+,53+,54-,56+,57+,65-,66-/m0/s1. The van der Waals surface area contributed by atoms with Gasteiger partial charge in [-0.2, -0.15) is 0 Å². The van der Waals surface area contributed by atoms with Crippen molar-refractivity contribution in [1.82, 2.24) is 37.2 Å². The third kappa shape index (κ3) is 15.4. The number of likely N-dealkylation sites (N-methyl/N-ethyl adjacent to an activating group) is 1. The third-order valence-electron chi connectivity index (χ3n) is 17.6. The molecule has 2 saturated heterocycles. The molecule has 0 saturated carbocycles. The molecule has 11 bridgehead atoms. The number of amides is 7. The molecular formula is C66H77N9O24. The predicted octanol–water partition coefficient (Wildman–Crippen LogP) is -1.20. The molecule has 18 atom stereocenters. The van der Waals surface area contributed by atoms with Crippen molar-refractivity contribution in [3.63, 3.8) is 0 Å². The van der Waals surface area contributed by atoms with Crippen molar-refractivity contribution in [2.75, 3.05) is 13.7 Å². The number of phenolic OH excluding ortho intramolecular Hbond substituents is 3. The first-order chi connectivity index (χ1) is 46.8. The molecule has 7 amide bonds. The molecule has 5 aromatic carbocycles. The molecule has 7 aliphatic rings. The molecular weight excluding hydrogens is 1300 g/mol. The number of carbonyl (C=O) groups is 8. The first-order valence-electron chi connectivity index (χ1n) is 31.4. The molecule has 7 aliphatic heterocycles. The highest BCUT2D eigenvalue weighted by molar-refractivity contribution is 6.00. The summed E-state index contributed by atoms with van der Waals surface area (Å²) in [5.41, 5.74) is 8.48. The highest BCUT2D eigenvalue weighted by Crippen LogP contribution is 2.48. The average molecular weight is 1380 g/mol. The molecule has 5 aromatic rings. The number of primary amides is 1. The molecule has 33 heteroatoms. The van der Waals surface area contributed by atoms with Gasteiger partial charge in [-0.05, 0) is 110 Å². The van der Waals surface area contributed by atoms with E-state index in [0.29, 0.717) is 0 Å². The van der Waals surface area contributed by atoms with Crippen LogP contribution in [0.4, 0.5) is 0 Å². The molecule has 0 aliphatic carbocycles. The summed E-state index contributed by atoms with van der Waals surface area (Å²) in [6, 6.07) is 3.21. The second-order valence-corrected chi connectivity index (χ2v) is 25.5. The summed E-state index contributed by atoms with van der Waals surface area (Å²) in [6.07, 6.45) is -17.9. The number of carboxylic acids is 1. The first kappa shape index (κ1) is 72.0. The normalized spacial score (nSPS) is 29.8. The number of aliphatic hydroxyl groups excluding tert-OH is 6. The lowest BCUT2D eigenvalue weighted by Crippen LogP contribution is -2.64. The van der Waals surface area contributed by atoms with Crippen molar-refractivity contribution in [3.8, 4) is 57.1 Å². The van der Waals surface area contributed by atoms with E-state index < -0.39 is 226 Å². The second kappa shape index (κ2) is 29.3. The van der Waals surface area contributed by atoms with Crippen LogP contribution >= 0.6 is 0 Å². The van der Waals surface area contributed by atoms with Gasteiger partial charge in [0.2, 0.25) is 53.4 Å². The number of hydrogen-bond acceptors (Lipinski definition) is 25. The van der Waals surface area contributed by atoms with Gasteiger partial charge in [0.25, 0.3) is 0 Å². The van der Waals surface area contributed by atoms with Crippen molar-refractivity contribution in [1.29, 1.82) is 0 Å². The van der Waals surface area contributed by atoms with Gasteiger partial charge in [0.05, 0.1) is 31.3 Å². The number of carboxylic acid groups (broad SMARTS) is 1. The van der Waals surface area contributed by atoms with E-state index in [1.807, 2.05) is 13.8 Å². The maximum Gasteiger partial charge on any atom is 0.330 e. The van der Waals surface area contributed by atoms with Gasteiger partial charge in [0, 0.05) is 34.7 Å². The summed E-state index contributed by atoms with van der Waals surface area (Å²) in [5.74, 6) is -14.8. The van der Waals surface area contributed by atoms with Crippen LogP contribution < -0.4 is 62.9 Å². The summed E-state index contributed by atoms with van der Waals surface area (Å²) in [4.78, 5) is 116. The number of benzene rings is 5. The zero-order valence-electron chi connectivity index (χ0n) is 53.7. The molecule has 530 valence electrons. The fourth-order valence-corrected chi connectivity index (χ4v) is 12.4. The molecule has 0 radical (unpaired) electrons. The summed E-state index contributed by atoms with van der Waals surface area (Å²) in [6.45, 7) is 5.76. The fourth-order valence-electron chi connectivity index (χ4n) is 12.4. The Labute approximate surface area is 563 Å². The number of aliphatic carboxylic acids is 1. The van der Waals surface area contributed by atoms with Gasteiger partial charge < -0.3 is 128 Å². The lowest BCUT2D eigenvalue weighted by molar-refractivity contribution is -0.333. The Kier molecular flexibility index (Phi) is 21.3. The van der Waals surface area contributed by atoms with Gasteiger partial charge in [0.1, 0.15) is 89.5 Å². The highest BCUT2D eigenvalue weighted by atomic mass is 16.8. The Morgan fingerprint density at radius 1 is 0.707 bits per heavy atom. The van der Waals surface area contributed by atoms with E-state index in [1.165, 1.54) is 69.4 Å². The quantitative estimate of drug-likeness (QED) is 0.0658. The molecule has 33 nitrogen and oxygen atoms in total. The Morgan fingerprint density at radius 2 is 1.30 bits per heavy atom. The smallest absolute Gasteiger partial charge is 0.330 e. The summed E-state index contributed by atoms with van der Waals surface area (Å²) in [7, 11) is 1.49. The van der Waals surface area contributed by atoms with E-state index in [1.54, 1.807) is 0 Å². The van der Waals surface area contributed by atoms with Gasteiger partial charge in [-0.25, -0.2) is 4.79 Å². The largest absolute Gasteiger partial charge is 0.508 e. The van der Waals surface area contributed by atoms with Gasteiger partial charge in [-0.15, -0.1) is 0 Å². The SMILES string of the molecule is CN[C@H](CC(C)C)C(=O)N[C@H]1C(=O)N[C@@H](CC(N)=O)C(=O)N[C@H]2C(=O)N[C@H]3C(=O)N[C@H](C(=O)N[C@H](C(=O)O)c4cc(O)cc(O)c4-c4cc3ccc4O)[C@H](O)c3ccc(cc3)Oc3cc2cc(c3O[C@@H]2O[C@H](CO)[C@@H](O)[C@H](O)[C@H]2O[C@H]2C[C@](C)(N)[C@H](O)[C@H](C)O2)Oc2ccc(cc2)[C@H]1O. The fraction of sp³-hybridized carbons (Fsp3) is 0.424. The van der Waals surface area contributed by atoms with Crippen molar-refractivity contribution in [2.24, 2.45) is 17.4 Å². The summed E-state index contributed by atoms with van der Waals surface area (Å²) < 4.78 is 38.3. The van der Waals surface area contributed by atoms with Crippen LogP contribution in [0.2, 0.25) is 0 Å². The Balaban J connectivity index is 1.21. The minimum atomic E-state index is -2.27. The van der Waals surface area contributed by atoms with Gasteiger partial charge >= 0.3 is 5.97 Å². The number of rotatable bonds is 13. The van der Waals surface area contributed by atoms with Crippen LogP contribution in [0, 0.1) is 5.92 Å². The van der Waals surface area contributed by atoms with E-state index in [0.717, 1.165) is 42.5 Å². The van der Waals surface area contributed by atoms with E-state index in [2.05, 4.69) is 37.2 Å². The summed E-state index contributed by atoms with van der Waals surface area (Å²) in [5, 5.41) is 131. The highest BCUT2D eigenvalue weighted by Gasteiger charge is 2.51. The maximum absolute atomic E-state index is 16.0. The van der Waals surface area contributed by atoms with Gasteiger partial charge in [-0.1, -0.05) is 44.2 Å². The minimum Gasteiger partial charge on any atom is -0.508 e. The number of hydrogen-bond donors (Lipinski definition) is 19. The molecule has 0 unspecified atom stereocenters. The molecule has 12 rings (SSSR count). The van der Waals surface area contributed by atoms with Crippen LogP contribution in [-0.4, -0.2) is 191 Å². The number of aliphatic hydroxyl groups is 6. The lowest BCUT2D eigenvalue weighted by Gasteiger charge is -2.47. The first-order valence-corrected chi connectivity index (χ1v) is 31.4. The number of carbonyl (C=O) groups excluding carboxylic acids is 7. The zero-order chi connectivity index (χ0) is 71.8. The van der Waals surface area contributed by atoms with E-state index in [9.17, 15) is 75.0 Å². The minimum absolute atomic E-state index is 0.0323.